The molecule has 130 valence electrons. The zero-order chi connectivity index (χ0) is 17.7. The van der Waals surface area contributed by atoms with Gasteiger partial charge < -0.3 is 9.64 Å². The molecule has 0 radical (unpaired) electrons. The molecule has 2 rings (SSSR count). The quantitative estimate of drug-likeness (QED) is 0.731. The maximum Gasteiger partial charge on any atom is 0.257 e. The lowest BCUT2D eigenvalue weighted by molar-refractivity contribution is 0.0778. The van der Waals surface area contributed by atoms with Gasteiger partial charge in [-0.2, -0.15) is 5.10 Å². The molecule has 0 unspecified atom stereocenters. The smallest absolute Gasteiger partial charge is 0.257 e. The molecule has 0 saturated heterocycles. The second-order valence-electron chi connectivity index (χ2n) is 6.06. The standard InChI is InChI=1S/C18H24FN3O2/c1-13(2)17-16(18(23)21(3)10-5-11-24-4)12-20-22(17)15-8-6-14(19)7-9-15/h6-9,12-13H,5,10-11H2,1-4H3. The monoisotopic (exact) mass is 333 g/mol. The summed E-state index contributed by atoms with van der Waals surface area (Å²) in [6.07, 6.45) is 2.37. The zero-order valence-corrected chi connectivity index (χ0v) is 14.6. The predicted molar refractivity (Wildman–Crippen MR) is 91.1 cm³/mol. The first-order valence-corrected chi connectivity index (χ1v) is 8.04. The van der Waals surface area contributed by atoms with E-state index >= 15 is 0 Å². The number of hydrogen-bond acceptors (Lipinski definition) is 3. The molecule has 2 aromatic rings. The van der Waals surface area contributed by atoms with Gasteiger partial charge >= 0.3 is 0 Å². The van der Waals surface area contributed by atoms with Crippen molar-refractivity contribution in [2.45, 2.75) is 26.2 Å². The maximum atomic E-state index is 13.1. The molecule has 1 amide bonds. The van der Waals surface area contributed by atoms with Crippen LogP contribution in [0.5, 0.6) is 0 Å². The molecule has 5 nitrogen and oxygen atoms in total. The Kier molecular flexibility index (Phi) is 6.09. The van der Waals surface area contributed by atoms with Gasteiger partial charge in [-0.3, -0.25) is 4.79 Å². The Balaban J connectivity index is 2.31. The number of carbonyl (C=O) groups is 1. The number of ether oxygens (including phenoxy) is 1. The number of halogens is 1. The zero-order valence-electron chi connectivity index (χ0n) is 14.6. The molecule has 0 bridgehead atoms. The van der Waals surface area contributed by atoms with E-state index in [2.05, 4.69) is 5.10 Å². The Labute approximate surface area is 142 Å². The Morgan fingerprint density at radius 1 is 1.33 bits per heavy atom. The summed E-state index contributed by atoms with van der Waals surface area (Å²) in [7, 11) is 3.42. The van der Waals surface area contributed by atoms with Crippen LogP contribution in [0.3, 0.4) is 0 Å². The summed E-state index contributed by atoms with van der Waals surface area (Å²) >= 11 is 0. The first-order valence-electron chi connectivity index (χ1n) is 8.04. The number of aromatic nitrogens is 2. The molecular weight excluding hydrogens is 309 g/mol. The van der Waals surface area contributed by atoms with Gasteiger partial charge in [0, 0.05) is 27.3 Å². The van der Waals surface area contributed by atoms with Crippen molar-refractivity contribution in [3.05, 3.63) is 47.5 Å². The van der Waals surface area contributed by atoms with Gasteiger partial charge in [0.1, 0.15) is 5.82 Å². The molecule has 0 fully saturated rings. The van der Waals surface area contributed by atoms with E-state index in [1.807, 2.05) is 13.8 Å². The fraction of sp³-hybridized carbons (Fsp3) is 0.444. The first-order chi connectivity index (χ1) is 11.5. The average molecular weight is 333 g/mol. The number of hydrogen-bond donors (Lipinski definition) is 0. The molecule has 0 atom stereocenters. The lowest BCUT2D eigenvalue weighted by atomic mass is 10.0. The largest absolute Gasteiger partial charge is 0.385 e. The highest BCUT2D eigenvalue weighted by atomic mass is 19.1. The summed E-state index contributed by atoms with van der Waals surface area (Å²) in [6, 6.07) is 6.09. The van der Waals surface area contributed by atoms with Crippen LogP contribution in [-0.4, -0.2) is 47.9 Å². The van der Waals surface area contributed by atoms with E-state index in [1.54, 1.807) is 42.1 Å². The van der Waals surface area contributed by atoms with Crippen molar-refractivity contribution in [2.75, 3.05) is 27.3 Å². The van der Waals surface area contributed by atoms with Gasteiger partial charge in [-0.15, -0.1) is 0 Å². The molecule has 0 saturated carbocycles. The van der Waals surface area contributed by atoms with E-state index in [-0.39, 0.29) is 17.6 Å². The molecule has 24 heavy (non-hydrogen) atoms. The number of benzene rings is 1. The molecule has 1 heterocycles. The fourth-order valence-electron chi connectivity index (χ4n) is 2.62. The number of nitrogens with zero attached hydrogens (tertiary/aromatic N) is 3. The third-order valence-electron chi connectivity index (χ3n) is 3.84. The van der Waals surface area contributed by atoms with Crippen LogP contribution in [0, 0.1) is 5.82 Å². The molecule has 0 spiro atoms. The van der Waals surface area contributed by atoms with E-state index < -0.39 is 0 Å². The summed E-state index contributed by atoms with van der Waals surface area (Å²) in [5.41, 5.74) is 2.14. The summed E-state index contributed by atoms with van der Waals surface area (Å²) in [6.45, 7) is 5.26. The summed E-state index contributed by atoms with van der Waals surface area (Å²) < 4.78 is 19.9. The van der Waals surface area contributed by atoms with Crippen LogP contribution in [0.15, 0.2) is 30.5 Å². The molecule has 0 aliphatic heterocycles. The lowest BCUT2D eigenvalue weighted by Gasteiger charge is -2.18. The van der Waals surface area contributed by atoms with Crippen molar-refractivity contribution >= 4 is 5.91 Å². The molecule has 0 N–H and O–H groups in total. The minimum atomic E-state index is -0.300. The Bertz CT molecular complexity index is 680. The number of methoxy groups -OCH3 is 1. The van der Waals surface area contributed by atoms with Gasteiger partial charge in [0.25, 0.3) is 5.91 Å². The summed E-state index contributed by atoms with van der Waals surface area (Å²) in [5.74, 6) is -0.266. The van der Waals surface area contributed by atoms with E-state index in [9.17, 15) is 9.18 Å². The van der Waals surface area contributed by atoms with Crippen molar-refractivity contribution in [3.8, 4) is 5.69 Å². The van der Waals surface area contributed by atoms with Crippen molar-refractivity contribution < 1.29 is 13.9 Å². The number of amides is 1. The van der Waals surface area contributed by atoms with Gasteiger partial charge in [0.05, 0.1) is 23.1 Å². The summed E-state index contributed by atoms with van der Waals surface area (Å²) in [5, 5.41) is 4.36. The van der Waals surface area contributed by atoms with Crippen LogP contribution in [-0.2, 0) is 4.74 Å². The van der Waals surface area contributed by atoms with Crippen molar-refractivity contribution in [1.29, 1.82) is 0 Å². The van der Waals surface area contributed by atoms with Crippen LogP contribution in [0.25, 0.3) is 5.69 Å². The van der Waals surface area contributed by atoms with Gasteiger partial charge in [0.2, 0.25) is 0 Å². The van der Waals surface area contributed by atoms with E-state index in [4.69, 9.17) is 4.74 Å². The van der Waals surface area contributed by atoms with E-state index in [1.165, 1.54) is 12.1 Å². The first kappa shape index (κ1) is 18.1. The van der Waals surface area contributed by atoms with Crippen molar-refractivity contribution in [2.24, 2.45) is 0 Å². The average Bonchev–Trinajstić information content (AvgIpc) is 3.00. The van der Waals surface area contributed by atoms with E-state index in [0.29, 0.717) is 18.7 Å². The normalized spacial score (nSPS) is 11.1. The fourth-order valence-corrected chi connectivity index (χ4v) is 2.62. The van der Waals surface area contributed by atoms with Gasteiger partial charge in [-0.1, -0.05) is 13.8 Å². The van der Waals surface area contributed by atoms with Gasteiger partial charge in [0.15, 0.2) is 0 Å². The van der Waals surface area contributed by atoms with Crippen LogP contribution in [0.4, 0.5) is 4.39 Å². The maximum absolute atomic E-state index is 13.1. The molecule has 6 heteroatoms. The van der Waals surface area contributed by atoms with Crippen LogP contribution < -0.4 is 0 Å². The SMILES string of the molecule is COCCCN(C)C(=O)c1cnn(-c2ccc(F)cc2)c1C(C)C. The molecular formula is C18H24FN3O2. The Morgan fingerprint density at radius 2 is 2.00 bits per heavy atom. The van der Waals surface area contributed by atoms with Crippen molar-refractivity contribution in [1.82, 2.24) is 14.7 Å². The number of rotatable bonds is 7. The minimum absolute atomic E-state index is 0.0665. The highest BCUT2D eigenvalue weighted by molar-refractivity contribution is 5.95. The summed E-state index contributed by atoms with van der Waals surface area (Å²) in [4.78, 5) is 14.4. The second-order valence-corrected chi connectivity index (χ2v) is 6.06. The minimum Gasteiger partial charge on any atom is -0.385 e. The number of carbonyl (C=O) groups excluding carboxylic acids is 1. The third kappa shape index (κ3) is 4.00. The Hall–Kier alpha value is -2.21. The third-order valence-corrected chi connectivity index (χ3v) is 3.84. The van der Waals surface area contributed by atoms with Gasteiger partial charge in [-0.05, 0) is 36.6 Å². The van der Waals surface area contributed by atoms with E-state index in [0.717, 1.165) is 17.8 Å². The topological polar surface area (TPSA) is 47.4 Å². The van der Waals surface area contributed by atoms with Gasteiger partial charge in [-0.25, -0.2) is 9.07 Å². The molecule has 0 aliphatic carbocycles. The highest BCUT2D eigenvalue weighted by Crippen LogP contribution is 2.24. The molecule has 1 aromatic heterocycles. The van der Waals surface area contributed by atoms with Crippen LogP contribution in [0.2, 0.25) is 0 Å². The molecule has 1 aromatic carbocycles. The van der Waals surface area contributed by atoms with Crippen molar-refractivity contribution in [3.63, 3.8) is 0 Å². The van der Waals surface area contributed by atoms with Crippen LogP contribution >= 0.6 is 0 Å². The Morgan fingerprint density at radius 3 is 2.58 bits per heavy atom. The predicted octanol–water partition coefficient (Wildman–Crippen LogP) is 3.24. The molecule has 0 aliphatic rings. The highest BCUT2D eigenvalue weighted by Gasteiger charge is 2.23. The lowest BCUT2D eigenvalue weighted by Crippen LogP contribution is -2.29. The van der Waals surface area contributed by atoms with Crippen LogP contribution in [0.1, 0.15) is 42.2 Å². The second kappa shape index (κ2) is 8.06.